The fourth-order valence-electron chi connectivity index (χ4n) is 5.23. The molecule has 1 saturated heterocycles. The summed E-state index contributed by atoms with van der Waals surface area (Å²) in [6.07, 6.45) is 12.2. The molecule has 4 nitrogen and oxygen atoms in total. The van der Waals surface area contributed by atoms with Crippen molar-refractivity contribution in [2.24, 2.45) is 11.8 Å². The van der Waals surface area contributed by atoms with Crippen molar-refractivity contribution in [2.45, 2.75) is 90.4 Å². The van der Waals surface area contributed by atoms with Crippen LogP contribution in [0.2, 0.25) is 0 Å². The van der Waals surface area contributed by atoms with Gasteiger partial charge in [0.05, 0.1) is 11.4 Å². The topological polar surface area (TPSA) is 35.9 Å². The molecule has 2 fully saturated rings. The van der Waals surface area contributed by atoms with Crippen LogP contribution in [-0.4, -0.2) is 64.9 Å². The first-order valence-corrected chi connectivity index (χ1v) is 12.8. The van der Waals surface area contributed by atoms with Gasteiger partial charge in [-0.15, -0.1) is 0 Å². The first kappa shape index (κ1) is 26.8. The van der Waals surface area contributed by atoms with E-state index in [0.29, 0.717) is 11.8 Å². The molecule has 0 aromatic carbocycles. The molecule has 31 heavy (non-hydrogen) atoms. The first-order chi connectivity index (χ1) is 14.5. The molecule has 0 spiro atoms. The summed E-state index contributed by atoms with van der Waals surface area (Å²) in [7, 11) is 2.05. The summed E-state index contributed by atoms with van der Waals surface area (Å²) in [6.45, 7) is 15.4. The van der Waals surface area contributed by atoms with Gasteiger partial charge in [0.25, 0.3) is 5.60 Å². The van der Waals surface area contributed by atoms with Crippen LogP contribution in [0.3, 0.4) is 0 Å². The molecule has 4 unspecified atom stereocenters. The smallest absolute Gasteiger partial charge is 0.256 e. The molecule has 2 aliphatic rings. The van der Waals surface area contributed by atoms with Crippen molar-refractivity contribution in [3.05, 3.63) is 24.0 Å². The lowest BCUT2D eigenvalue weighted by Gasteiger charge is -2.43. The Bertz CT molecular complexity index is 589. The van der Waals surface area contributed by atoms with Gasteiger partial charge in [-0.25, -0.2) is 0 Å². The summed E-state index contributed by atoms with van der Waals surface area (Å²) >= 11 is 0. The molecular formula is C25H46FN2O2P. The third-order valence-electron chi connectivity index (χ3n) is 7.04. The van der Waals surface area contributed by atoms with E-state index in [2.05, 4.69) is 45.9 Å². The predicted octanol–water partition coefficient (Wildman–Crippen LogP) is 5.34. The van der Waals surface area contributed by atoms with Crippen LogP contribution in [0.25, 0.3) is 0 Å². The minimum atomic E-state index is -1.75. The lowest BCUT2D eigenvalue weighted by molar-refractivity contribution is -0.0675. The van der Waals surface area contributed by atoms with Crippen LogP contribution >= 0.6 is 9.24 Å². The van der Waals surface area contributed by atoms with E-state index in [1.807, 2.05) is 12.2 Å². The van der Waals surface area contributed by atoms with Gasteiger partial charge in [-0.2, -0.15) is 4.39 Å². The Balaban J connectivity index is 2.00. The second-order valence-corrected chi connectivity index (χ2v) is 11.2. The van der Waals surface area contributed by atoms with E-state index in [4.69, 9.17) is 4.74 Å². The number of halogens is 1. The first-order valence-electron chi connectivity index (χ1n) is 12.2. The molecule has 1 heterocycles. The third-order valence-corrected chi connectivity index (χ3v) is 7.16. The molecule has 0 aromatic heterocycles. The lowest BCUT2D eigenvalue weighted by Crippen LogP contribution is -2.50. The van der Waals surface area contributed by atoms with Gasteiger partial charge >= 0.3 is 0 Å². The molecule has 6 heteroatoms. The Labute approximate surface area is 192 Å². The highest BCUT2D eigenvalue weighted by molar-refractivity contribution is 7.18. The molecule has 1 N–H and O–H groups in total. The Morgan fingerprint density at radius 2 is 1.77 bits per heavy atom. The Morgan fingerprint density at radius 1 is 1.16 bits per heavy atom. The third kappa shape index (κ3) is 9.12. The van der Waals surface area contributed by atoms with Crippen molar-refractivity contribution in [3.8, 4) is 0 Å². The van der Waals surface area contributed by atoms with Gasteiger partial charge in [-0.05, 0) is 64.5 Å². The standard InChI is InChI=1S/C25H46FN2O2P/c1-20(2)28-18-16-27(17-19-28)15-12-23(25(29)13-7-6-8-14-25)21(3)10-9-11-22(4)30-24(5,26)31/h9-11,20-21,23,29H,6-8,12-19,31H2,1-5H3/b10-9-,22-11+. The molecule has 4 atom stereocenters. The SMILES string of the molecule is C/C(=C\C=C/C(C)C(CCN1CCN(C(C)C)CC1)C1(O)CCCCC1)OC(C)(F)P. The van der Waals surface area contributed by atoms with E-state index in [1.165, 1.54) is 13.3 Å². The molecule has 0 radical (unpaired) electrons. The molecule has 1 saturated carbocycles. The van der Waals surface area contributed by atoms with Gasteiger partial charge in [-0.1, -0.05) is 47.6 Å². The van der Waals surface area contributed by atoms with Crippen LogP contribution in [0.5, 0.6) is 0 Å². The second kappa shape index (κ2) is 12.1. The van der Waals surface area contributed by atoms with Crippen LogP contribution in [0.1, 0.15) is 73.1 Å². The number of piperazine rings is 1. The maximum atomic E-state index is 13.6. The second-order valence-electron chi connectivity index (χ2n) is 10.1. The highest BCUT2D eigenvalue weighted by atomic mass is 31.0. The number of ether oxygens (including phenoxy) is 1. The quantitative estimate of drug-likeness (QED) is 0.273. The largest absolute Gasteiger partial charge is 0.460 e. The van der Waals surface area contributed by atoms with Crippen LogP contribution in [-0.2, 0) is 4.74 Å². The average Bonchev–Trinajstić information content (AvgIpc) is 2.67. The van der Waals surface area contributed by atoms with Crippen LogP contribution in [0.4, 0.5) is 4.39 Å². The van der Waals surface area contributed by atoms with Crippen molar-refractivity contribution in [1.82, 2.24) is 9.80 Å². The van der Waals surface area contributed by atoms with Crippen molar-refractivity contribution in [2.75, 3.05) is 32.7 Å². The summed E-state index contributed by atoms with van der Waals surface area (Å²) < 4.78 is 18.8. The normalized spacial score (nSPS) is 25.5. The van der Waals surface area contributed by atoms with Crippen LogP contribution < -0.4 is 0 Å². The zero-order valence-corrected chi connectivity index (χ0v) is 21.6. The molecule has 0 bridgehead atoms. The van der Waals surface area contributed by atoms with Crippen LogP contribution in [0.15, 0.2) is 24.0 Å². The monoisotopic (exact) mass is 456 g/mol. The van der Waals surface area contributed by atoms with Gasteiger partial charge in [0.2, 0.25) is 0 Å². The maximum absolute atomic E-state index is 13.6. The summed E-state index contributed by atoms with van der Waals surface area (Å²) in [4.78, 5) is 5.11. The number of hydrogen-bond acceptors (Lipinski definition) is 4. The van der Waals surface area contributed by atoms with E-state index >= 15 is 0 Å². The van der Waals surface area contributed by atoms with Crippen molar-refractivity contribution >= 4 is 9.24 Å². The minimum absolute atomic E-state index is 0.231. The van der Waals surface area contributed by atoms with Crippen molar-refractivity contribution in [1.29, 1.82) is 0 Å². The molecule has 1 aliphatic heterocycles. The van der Waals surface area contributed by atoms with Crippen molar-refractivity contribution in [3.63, 3.8) is 0 Å². The van der Waals surface area contributed by atoms with E-state index in [0.717, 1.165) is 64.8 Å². The van der Waals surface area contributed by atoms with Gasteiger partial charge in [0.1, 0.15) is 0 Å². The average molecular weight is 457 g/mol. The molecule has 180 valence electrons. The number of hydrogen-bond donors (Lipinski definition) is 1. The maximum Gasteiger partial charge on any atom is 0.256 e. The van der Waals surface area contributed by atoms with E-state index < -0.39 is 11.2 Å². The van der Waals surface area contributed by atoms with Gasteiger partial charge in [0.15, 0.2) is 0 Å². The fraction of sp³-hybridized carbons (Fsp3) is 0.840. The highest BCUT2D eigenvalue weighted by Crippen LogP contribution is 2.40. The van der Waals surface area contributed by atoms with Gasteiger partial charge in [-0.3, -0.25) is 4.90 Å². The summed E-state index contributed by atoms with van der Waals surface area (Å²) in [5, 5.41) is 11.6. The summed E-state index contributed by atoms with van der Waals surface area (Å²) in [6, 6.07) is 0.616. The van der Waals surface area contributed by atoms with Crippen LogP contribution in [0, 0.1) is 11.8 Å². The van der Waals surface area contributed by atoms with Crippen molar-refractivity contribution < 1.29 is 14.2 Å². The predicted molar refractivity (Wildman–Crippen MR) is 132 cm³/mol. The molecule has 0 aromatic rings. The Kier molecular flexibility index (Phi) is 10.5. The minimum Gasteiger partial charge on any atom is -0.460 e. The van der Waals surface area contributed by atoms with E-state index in [1.54, 1.807) is 6.92 Å². The Hall–Kier alpha value is -0.480. The number of alkyl halides is 1. The van der Waals surface area contributed by atoms with E-state index in [-0.39, 0.29) is 11.8 Å². The van der Waals surface area contributed by atoms with E-state index in [9.17, 15) is 9.50 Å². The fourth-order valence-corrected chi connectivity index (χ4v) is 5.42. The van der Waals surface area contributed by atoms with Gasteiger partial charge < -0.3 is 14.7 Å². The molecule has 0 amide bonds. The lowest BCUT2D eigenvalue weighted by atomic mass is 9.69. The number of rotatable bonds is 10. The summed E-state index contributed by atoms with van der Waals surface area (Å²) in [5.41, 5.74) is -2.33. The Morgan fingerprint density at radius 3 is 2.32 bits per heavy atom. The number of aliphatic hydroxyl groups is 1. The number of nitrogens with zero attached hydrogens (tertiary/aromatic N) is 2. The zero-order valence-electron chi connectivity index (χ0n) is 20.4. The zero-order chi connectivity index (χ0) is 23.1. The highest BCUT2D eigenvalue weighted by Gasteiger charge is 2.39. The molecule has 1 aliphatic carbocycles. The van der Waals surface area contributed by atoms with Gasteiger partial charge in [0, 0.05) is 39.1 Å². The molecule has 2 rings (SSSR count). The number of allylic oxidation sites excluding steroid dienone is 4. The summed E-state index contributed by atoms with van der Waals surface area (Å²) in [5.74, 6) is 1.02. The molecular weight excluding hydrogens is 410 g/mol.